The number of ether oxygens (including phenoxy) is 3. The van der Waals surface area contributed by atoms with Crippen LogP contribution in [0.5, 0.6) is 5.75 Å². The molecule has 2 fully saturated rings. The van der Waals surface area contributed by atoms with E-state index in [1.807, 2.05) is 13.0 Å². The molecule has 1 aliphatic carbocycles. The van der Waals surface area contributed by atoms with Gasteiger partial charge in [0.2, 0.25) is 0 Å². The highest BCUT2D eigenvalue weighted by molar-refractivity contribution is 5.69. The van der Waals surface area contributed by atoms with E-state index in [-0.39, 0.29) is 24.4 Å². The highest BCUT2D eigenvalue weighted by Crippen LogP contribution is 2.41. The Morgan fingerprint density at radius 3 is 2.94 bits per heavy atom. The first-order valence-electron chi connectivity index (χ1n) is 12.2. The van der Waals surface area contributed by atoms with Crippen molar-refractivity contribution in [3.05, 3.63) is 42.0 Å². The number of hydrogen-bond donors (Lipinski definition) is 1. The van der Waals surface area contributed by atoms with E-state index < -0.39 is 17.7 Å². The molecule has 33 heavy (non-hydrogen) atoms. The van der Waals surface area contributed by atoms with Gasteiger partial charge in [0.1, 0.15) is 18.5 Å². The lowest BCUT2D eigenvalue weighted by molar-refractivity contribution is -0.143. The third-order valence-electron chi connectivity index (χ3n) is 6.61. The maximum absolute atomic E-state index is 13.6. The van der Waals surface area contributed by atoms with E-state index in [2.05, 4.69) is 0 Å². The number of aliphatic hydroxyl groups excluding tert-OH is 1. The van der Waals surface area contributed by atoms with Crippen molar-refractivity contribution in [3.63, 3.8) is 0 Å². The Morgan fingerprint density at radius 2 is 2.12 bits per heavy atom. The van der Waals surface area contributed by atoms with Crippen LogP contribution in [-0.4, -0.2) is 43.1 Å². The van der Waals surface area contributed by atoms with Crippen molar-refractivity contribution in [2.45, 2.75) is 70.5 Å². The fourth-order valence-corrected chi connectivity index (χ4v) is 4.82. The van der Waals surface area contributed by atoms with Crippen molar-refractivity contribution in [2.24, 2.45) is 17.8 Å². The van der Waals surface area contributed by atoms with Gasteiger partial charge < -0.3 is 19.3 Å². The van der Waals surface area contributed by atoms with Gasteiger partial charge in [0.25, 0.3) is 0 Å². The third kappa shape index (κ3) is 8.07. The SMILES string of the molecule is CCCOC(=O)CCC[C@H]1CC[C@H]2[C@H](CC[C@@H]2/C=C/[C@@H](O)COc2cc(F)ccc2F)OC1. The molecule has 0 unspecified atom stereocenters. The van der Waals surface area contributed by atoms with Gasteiger partial charge in [-0.25, -0.2) is 8.78 Å². The molecule has 184 valence electrons. The summed E-state index contributed by atoms with van der Waals surface area (Å²) in [7, 11) is 0. The van der Waals surface area contributed by atoms with E-state index in [9.17, 15) is 18.7 Å². The normalized spacial score (nSPS) is 26.1. The topological polar surface area (TPSA) is 65.0 Å². The van der Waals surface area contributed by atoms with Gasteiger partial charge in [-0.3, -0.25) is 4.79 Å². The zero-order valence-electron chi connectivity index (χ0n) is 19.4. The lowest BCUT2D eigenvalue weighted by Crippen LogP contribution is -2.21. The maximum atomic E-state index is 13.6. The van der Waals surface area contributed by atoms with Crippen LogP contribution in [0.25, 0.3) is 0 Å². The van der Waals surface area contributed by atoms with Gasteiger partial charge in [0.05, 0.1) is 12.7 Å². The first-order chi connectivity index (χ1) is 16.0. The number of rotatable bonds is 11. The summed E-state index contributed by atoms with van der Waals surface area (Å²) in [5.41, 5.74) is 0. The van der Waals surface area contributed by atoms with Crippen molar-refractivity contribution >= 4 is 5.97 Å². The fraction of sp³-hybridized carbons (Fsp3) is 0.654. The lowest BCUT2D eigenvalue weighted by atomic mass is 9.87. The molecule has 0 amide bonds. The molecular weight excluding hydrogens is 430 g/mol. The van der Waals surface area contributed by atoms with Crippen molar-refractivity contribution in [2.75, 3.05) is 19.8 Å². The van der Waals surface area contributed by atoms with Crippen LogP contribution >= 0.6 is 0 Å². The number of allylic oxidation sites excluding steroid dienone is 1. The van der Waals surface area contributed by atoms with Gasteiger partial charge in [-0.2, -0.15) is 0 Å². The third-order valence-corrected chi connectivity index (χ3v) is 6.61. The second kappa shape index (κ2) is 13.0. The molecule has 2 aliphatic rings. The average molecular weight is 467 g/mol. The second-order valence-corrected chi connectivity index (χ2v) is 9.17. The molecule has 1 aromatic rings. The van der Waals surface area contributed by atoms with Gasteiger partial charge in [-0.1, -0.05) is 19.1 Å². The van der Waals surface area contributed by atoms with Crippen molar-refractivity contribution < 1.29 is 32.9 Å². The molecule has 1 heterocycles. The summed E-state index contributed by atoms with van der Waals surface area (Å²) in [5, 5.41) is 10.2. The largest absolute Gasteiger partial charge is 0.487 e. The Hall–Kier alpha value is -1.99. The molecule has 3 rings (SSSR count). The molecule has 1 saturated heterocycles. The molecule has 5 atom stereocenters. The number of benzene rings is 1. The zero-order chi connectivity index (χ0) is 23.6. The van der Waals surface area contributed by atoms with Crippen LogP contribution in [0.15, 0.2) is 30.4 Å². The summed E-state index contributed by atoms with van der Waals surface area (Å²) < 4.78 is 43.5. The zero-order valence-corrected chi connectivity index (χ0v) is 19.4. The van der Waals surface area contributed by atoms with E-state index in [4.69, 9.17) is 14.2 Å². The number of carbonyl (C=O) groups excluding carboxylic acids is 1. The van der Waals surface area contributed by atoms with Gasteiger partial charge >= 0.3 is 5.97 Å². The minimum atomic E-state index is -0.904. The van der Waals surface area contributed by atoms with Crippen molar-refractivity contribution in [1.82, 2.24) is 0 Å². The molecule has 5 nitrogen and oxygen atoms in total. The van der Waals surface area contributed by atoms with Crippen LogP contribution < -0.4 is 4.74 Å². The fourth-order valence-electron chi connectivity index (χ4n) is 4.82. The van der Waals surface area contributed by atoms with Crippen LogP contribution in [-0.2, 0) is 14.3 Å². The number of fused-ring (bicyclic) bond motifs is 1. The molecule has 0 radical (unpaired) electrons. The Labute approximate surface area is 195 Å². The van der Waals surface area contributed by atoms with Crippen LogP contribution in [0.1, 0.15) is 58.3 Å². The maximum Gasteiger partial charge on any atom is 0.305 e. The molecular formula is C26H36F2O5. The number of aliphatic hydroxyl groups is 1. The summed E-state index contributed by atoms with van der Waals surface area (Å²) >= 11 is 0. The number of halogens is 2. The van der Waals surface area contributed by atoms with Gasteiger partial charge in [0.15, 0.2) is 11.6 Å². The smallest absolute Gasteiger partial charge is 0.305 e. The van der Waals surface area contributed by atoms with Gasteiger partial charge in [0, 0.05) is 19.1 Å². The monoisotopic (exact) mass is 466 g/mol. The second-order valence-electron chi connectivity index (χ2n) is 9.17. The van der Waals surface area contributed by atoms with Crippen LogP contribution in [0.4, 0.5) is 8.78 Å². The molecule has 7 heteroatoms. The Bertz CT molecular complexity index is 784. The minimum absolute atomic E-state index is 0.115. The van der Waals surface area contributed by atoms with Gasteiger partial charge in [-0.15, -0.1) is 0 Å². The molecule has 0 bridgehead atoms. The Balaban J connectivity index is 1.41. The predicted octanol–water partition coefficient (Wildman–Crippen LogP) is 5.21. The molecule has 0 spiro atoms. The Kier molecular flexibility index (Phi) is 10.1. The number of hydrogen-bond acceptors (Lipinski definition) is 5. The molecule has 1 N–H and O–H groups in total. The highest BCUT2D eigenvalue weighted by atomic mass is 19.1. The highest BCUT2D eigenvalue weighted by Gasteiger charge is 2.37. The summed E-state index contributed by atoms with van der Waals surface area (Å²) in [6.45, 7) is 3.07. The summed E-state index contributed by atoms with van der Waals surface area (Å²) in [6, 6.07) is 3.00. The van der Waals surface area contributed by atoms with E-state index >= 15 is 0 Å². The van der Waals surface area contributed by atoms with Crippen LogP contribution in [0.2, 0.25) is 0 Å². The van der Waals surface area contributed by atoms with E-state index in [1.54, 1.807) is 6.08 Å². The van der Waals surface area contributed by atoms with Crippen molar-refractivity contribution in [1.29, 1.82) is 0 Å². The standard InChI is InChI=1S/C26H36F2O5/c1-2-14-31-26(30)5-3-4-18-6-11-22-19(8-13-24(22)32-16-18)7-10-21(29)17-33-25-15-20(27)9-12-23(25)28/h7,9-10,12,15,18-19,21-22,24,29H,2-6,8,11,13-14,16-17H2,1H3/b10-7+/t18-,19-,21+,22+,24-/m0/s1. The van der Waals surface area contributed by atoms with Crippen molar-refractivity contribution in [3.8, 4) is 5.75 Å². The summed E-state index contributed by atoms with van der Waals surface area (Å²) in [5.74, 6) is -0.376. The summed E-state index contributed by atoms with van der Waals surface area (Å²) in [4.78, 5) is 11.7. The predicted molar refractivity (Wildman–Crippen MR) is 121 cm³/mol. The number of esters is 1. The van der Waals surface area contributed by atoms with E-state index in [0.717, 1.165) is 69.8 Å². The molecule has 1 aromatic carbocycles. The summed E-state index contributed by atoms with van der Waals surface area (Å²) in [6.07, 6.45) is 10.3. The average Bonchev–Trinajstić information content (AvgIpc) is 3.08. The number of carbonyl (C=O) groups is 1. The first kappa shape index (κ1) is 25.6. The molecule has 1 saturated carbocycles. The van der Waals surface area contributed by atoms with Crippen LogP contribution in [0.3, 0.4) is 0 Å². The lowest BCUT2D eigenvalue weighted by Gasteiger charge is -2.20. The van der Waals surface area contributed by atoms with Crippen LogP contribution in [0, 0.1) is 29.4 Å². The molecule has 1 aliphatic heterocycles. The molecule has 0 aromatic heterocycles. The van der Waals surface area contributed by atoms with Gasteiger partial charge in [-0.05, 0) is 74.8 Å². The first-order valence-corrected chi connectivity index (χ1v) is 12.2. The van der Waals surface area contributed by atoms with E-state index in [0.29, 0.717) is 30.8 Å². The van der Waals surface area contributed by atoms with E-state index in [1.165, 1.54) is 0 Å². The quantitative estimate of drug-likeness (QED) is 0.358. The minimum Gasteiger partial charge on any atom is -0.487 e. The Morgan fingerprint density at radius 1 is 1.27 bits per heavy atom.